The van der Waals surface area contributed by atoms with Crippen molar-refractivity contribution in [1.29, 1.82) is 0 Å². The number of rotatable bonds is 17. The fourth-order valence-electron chi connectivity index (χ4n) is 6.16. The zero-order valence-corrected chi connectivity index (χ0v) is 29.7. The van der Waals surface area contributed by atoms with E-state index in [2.05, 4.69) is 17.0 Å². The average Bonchev–Trinajstić information content (AvgIpc) is 3.92. The van der Waals surface area contributed by atoms with Crippen LogP contribution >= 0.6 is 0 Å². The van der Waals surface area contributed by atoms with Crippen LogP contribution in [0.25, 0.3) is 0 Å². The summed E-state index contributed by atoms with van der Waals surface area (Å²) >= 11 is 0. The zero-order chi connectivity index (χ0) is 35.0. The van der Waals surface area contributed by atoms with E-state index in [1.54, 1.807) is 32.4 Å². The minimum atomic E-state index is -3.93. The monoisotopic (exact) mass is 692 g/mol. The maximum absolute atomic E-state index is 12.6. The Bertz CT molecular complexity index is 1740. The summed E-state index contributed by atoms with van der Waals surface area (Å²) in [5.74, 6) is 2.74. The molecule has 1 aliphatic heterocycles. The second-order valence-corrected chi connectivity index (χ2v) is 14.5. The maximum Gasteiger partial charge on any atom is 0.264 e. The van der Waals surface area contributed by atoms with Gasteiger partial charge in [0, 0.05) is 31.0 Å². The van der Waals surface area contributed by atoms with Crippen LogP contribution in [0.4, 0.5) is 0 Å². The summed E-state index contributed by atoms with van der Waals surface area (Å²) in [6, 6.07) is 14.0. The molecule has 0 spiro atoms. The highest BCUT2D eigenvalue weighted by atomic mass is 32.2. The molecule has 1 saturated carbocycles. The summed E-state index contributed by atoms with van der Waals surface area (Å²) in [6.07, 6.45) is 7.25. The number of methoxy groups -OCH3 is 1. The van der Waals surface area contributed by atoms with Gasteiger partial charge < -0.3 is 24.3 Å². The van der Waals surface area contributed by atoms with Crippen LogP contribution in [0.15, 0.2) is 53.4 Å². The summed E-state index contributed by atoms with van der Waals surface area (Å²) in [7, 11) is -0.729. The van der Waals surface area contributed by atoms with E-state index in [-0.39, 0.29) is 23.3 Å². The molecular weight excluding hydrogens is 644 g/mol. The van der Waals surface area contributed by atoms with Gasteiger partial charge in [0.25, 0.3) is 15.9 Å². The smallest absolute Gasteiger partial charge is 0.264 e. The Morgan fingerprint density at radius 1 is 0.939 bits per heavy atom. The van der Waals surface area contributed by atoms with Crippen molar-refractivity contribution in [2.75, 3.05) is 27.4 Å². The first-order valence-corrected chi connectivity index (χ1v) is 18.7. The standard InChI is InChI=1S/C38H48N2O8S/c1-5-7-30-33(46-22-6-23-47-34-20-18-31(38(42)39-3)37(45-4)32(34)24-26-10-11-26)19-13-27-12-14-28(48-36(27)30)15-21-35(41)40-49(43,44)29-16-8-25(2)9-17-29/h8-9,13,16-20,26,28H,5-7,10-12,14-15,21-24H2,1-4H3,(H,39,42)(H,40,41). The minimum absolute atomic E-state index is 0.0349. The molecule has 1 fully saturated rings. The number of hydrogen-bond acceptors (Lipinski definition) is 8. The van der Waals surface area contributed by atoms with E-state index in [1.165, 1.54) is 25.0 Å². The van der Waals surface area contributed by atoms with Gasteiger partial charge in [0.05, 0.1) is 36.9 Å². The first kappa shape index (κ1) is 36.0. The number of carbonyl (C=O) groups excluding carboxylic acids is 2. The molecule has 0 radical (unpaired) electrons. The van der Waals surface area contributed by atoms with Crippen molar-refractivity contribution in [2.45, 2.75) is 89.1 Å². The van der Waals surface area contributed by atoms with Gasteiger partial charge in [0.2, 0.25) is 5.91 Å². The van der Waals surface area contributed by atoms with Gasteiger partial charge in [-0.1, -0.05) is 37.1 Å². The molecule has 3 aromatic carbocycles. The molecule has 10 nitrogen and oxygen atoms in total. The van der Waals surface area contributed by atoms with E-state index in [9.17, 15) is 18.0 Å². The maximum atomic E-state index is 12.6. The van der Waals surface area contributed by atoms with Crippen molar-refractivity contribution >= 4 is 21.8 Å². The van der Waals surface area contributed by atoms with Crippen molar-refractivity contribution in [3.63, 3.8) is 0 Å². The van der Waals surface area contributed by atoms with Gasteiger partial charge in [-0.25, -0.2) is 13.1 Å². The van der Waals surface area contributed by atoms with Gasteiger partial charge in [-0.05, 0) is 93.7 Å². The minimum Gasteiger partial charge on any atom is -0.495 e. The lowest BCUT2D eigenvalue weighted by atomic mass is 9.95. The molecule has 2 amide bonds. The molecule has 49 heavy (non-hydrogen) atoms. The highest BCUT2D eigenvalue weighted by Crippen LogP contribution is 2.41. The number of sulfonamides is 1. The van der Waals surface area contributed by atoms with E-state index < -0.39 is 15.9 Å². The molecule has 0 aromatic heterocycles. The molecule has 5 rings (SSSR count). The summed E-state index contributed by atoms with van der Waals surface area (Å²) < 4.78 is 52.1. The number of aryl methyl sites for hydroxylation is 2. The van der Waals surface area contributed by atoms with E-state index >= 15 is 0 Å². The largest absolute Gasteiger partial charge is 0.495 e. The molecule has 0 bridgehead atoms. The number of nitrogens with one attached hydrogen (secondary N) is 2. The number of benzene rings is 3. The fourth-order valence-corrected chi connectivity index (χ4v) is 7.17. The molecule has 1 aliphatic carbocycles. The van der Waals surface area contributed by atoms with Crippen LogP contribution in [-0.4, -0.2) is 53.7 Å². The molecule has 2 aliphatic rings. The Kier molecular flexibility index (Phi) is 12.1. The summed E-state index contributed by atoms with van der Waals surface area (Å²) in [5.41, 5.74) is 4.50. The van der Waals surface area contributed by atoms with Crippen molar-refractivity contribution in [3.8, 4) is 23.0 Å². The van der Waals surface area contributed by atoms with Gasteiger partial charge in [0.15, 0.2) is 0 Å². The third kappa shape index (κ3) is 9.26. The first-order valence-electron chi connectivity index (χ1n) is 17.2. The summed E-state index contributed by atoms with van der Waals surface area (Å²) in [6.45, 7) is 4.86. The highest BCUT2D eigenvalue weighted by molar-refractivity contribution is 7.90. The van der Waals surface area contributed by atoms with Crippen LogP contribution in [0.2, 0.25) is 0 Å². The molecule has 11 heteroatoms. The van der Waals surface area contributed by atoms with E-state index in [0.29, 0.717) is 43.3 Å². The van der Waals surface area contributed by atoms with E-state index in [0.717, 1.165) is 71.6 Å². The topological polar surface area (TPSA) is 129 Å². The van der Waals surface area contributed by atoms with Gasteiger partial charge in [-0.3, -0.25) is 9.59 Å². The third-order valence-electron chi connectivity index (χ3n) is 8.98. The number of ether oxygens (including phenoxy) is 4. The van der Waals surface area contributed by atoms with Crippen LogP contribution in [-0.2, 0) is 34.1 Å². The third-order valence-corrected chi connectivity index (χ3v) is 10.4. The Balaban J connectivity index is 1.16. The van der Waals surface area contributed by atoms with Gasteiger partial charge in [-0.2, -0.15) is 0 Å². The van der Waals surface area contributed by atoms with Gasteiger partial charge in [-0.15, -0.1) is 0 Å². The number of fused-ring (bicyclic) bond motifs is 1. The molecule has 1 unspecified atom stereocenters. The second-order valence-electron chi connectivity index (χ2n) is 12.8. The van der Waals surface area contributed by atoms with Crippen LogP contribution in [0.1, 0.15) is 84.5 Å². The molecular formula is C38H48N2O8S. The van der Waals surface area contributed by atoms with Crippen molar-refractivity contribution in [3.05, 3.63) is 76.3 Å². The highest BCUT2D eigenvalue weighted by Gasteiger charge is 2.28. The molecule has 264 valence electrons. The lowest BCUT2D eigenvalue weighted by Gasteiger charge is -2.29. The van der Waals surface area contributed by atoms with Crippen LogP contribution < -0.4 is 29.0 Å². The van der Waals surface area contributed by atoms with Crippen molar-refractivity contribution in [1.82, 2.24) is 10.0 Å². The Hall–Kier alpha value is -4.25. The van der Waals surface area contributed by atoms with Crippen molar-refractivity contribution < 1.29 is 37.0 Å². The first-order chi connectivity index (χ1) is 23.6. The predicted molar refractivity (Wildman–Crippen MR) is 187 cm³/mol. The Morgan fingerprint density at radius 3 is 2.29 bits per heavy atom. The Morgan fingerprint density at radius 2 is 1.63 bits per heavy atom. The lowest BCUT2D eigenvalue weighted by Crippen LogP contribution is -2.32. The predicted octanol–water partition coefficient (Wildman–Crippen LogP) is 6.10. The molecule has 2 N–H and O–H groups in total. The van der Waals surface area contributed by atoms with Crippen molar-refractivity contribution in [2.24, 2.45) is 5.92 Å². The average molecular weight is 693 g/mol. The van der Waals surface area contributed by atoms with Crippen LogP contribution in [0.5, 0.6) is 23.0 Å². The SMILES string of the molecule is CCCc1c(OCCCOc2ccc(C(=O)NC)c(OC)c2CC2CC2)ccc2c1OC(CCC(=O)NS(=O)(=O)c1ccc(C)cc1)CC2. The normalized spacial score (nSPS) is 15.5. The summed E-state index contributed by atoms with van der Waals surface area (Å²) in [4.78, 5) is 25.1. The quantitative estimate of drug-likeness (QED) is 0.163. The van der Waals surface area contributed by atoms with E-state index in [4.69, 9.17) is 18.9 Å². The molecule has 3 aromatic rings. The number of amides is 2. The molecule has 1 atom stereocenters. The number of carbonyl (C=O) groups is 2. The fraction of sp³-hybridized carbons (Fsp3) is 0.474. The van der Waals surface area contributed by atoms with Gasteiger partial charge in [0.1, 0.15) is 23.0 Å². The molecule has 1 heterocycles. The van der Waals surface area contributed by atoms with Gasteiger partial charge >= 0.3 is 0 Å². The van der Waals surface area contributed by atoms with Crippen LogP contribution in [0, 0.1) is 12.8 Å². The zero-order valence-electron chi connectivity index (χ0n) is 28.9. The molecule has 0 saturated heterocycles. The second kappa shape index (κ2) is 16.4. The lowest BCUT2D eigenvalue weighted by molar-refractivity contribution is -0.119. The van der Waals surface area contributed by atoms with E-state index in [1.807, 2.05) is 25.1 Å². The Labute approximate surface area is 289 Å². The summed E-state index contributed by atoms with van der Waals surface area (Å²) in [5, 5.41) is 2.68. The number of hydrogen-bond donors (Lipinski definition) is 2. The van der Waals surface area contributed by atoms with Crippen LogP contribution in [0.3, 0.4) is 0 Å².